The van der Waals surface area contributed by atoms with E-state index in [1.54, 1.807) is 18.2 Å². The zero-order chi connectivity index (χ0) is 10.6. The van der Waals surface area contributed by atoms with E-state index >= 15 is 0 Å². The van der Waals surface area contributed by atoms with Crippen molar-refractivity contribution < 1.29 is 4.79 Å². The van der Waals surface area contributed by atoms with Crippen LogP contribution in [0.1, 0.15) is 21.5 Å². The minimum atomic E-state index is 0.590. The minimum absolute atomic E-state index is 0.590. The lowest BCUT2D eigenvalue weighted by atomic mass is 10.1. The Kier molecular flexibility index (Phi) is 3.38. The molecular weight excluding hydrogens is 176 g/mol. The highest BCUT2D eigenvalue weighted by atomic mass is 16.1. The van der Waals surface area contributed by atoms with Gasteiger partial charge in [-0.05, 0) is 31.8 Å². The van der Waals surface area contributed by atoms with Gasteiger partial charge in [-0.1, -0.05) is 6.07 Å². The summed E-state index contributed by atoms with van der Waals surface area (Å²) in [5.74, 6) is 0. The highest BCUT2D eigenvalue weighted by Crippen LogP contribution is 2.11. The molecule has 0 bridgehead atoms. The van der Waals surface area contributed by atoms with Gasteiger partial charge in [0.2, 0.25) is 0 Å². The molecule has 14 heavy (non-hydrogen) atoms. The topological polar surface area (TPSA) is 44.1 Å². The quantitative estimate of drug-likeness (QED) is 0.674. The zero-order valence-electron chi connectivity index (χ0n) is 8.32. The second-order valence-electron chi connectivity index (χ2n) is 3.38. The van der Waals surface area contributed by atoms with Gasteiger partial charge in [0.1, 0.15) is 6.29 Å². The molecule has 0 spiro atoms. The van der Waals surface area contributed by atoms with Gasteiger partial charge < -0.3 is 4.90 Å². The molecule has 0 N–H and O–H groups in total. The van der Waals surface area contributed by atoms with Crippen molar-refractivity contribution in [3.05, 3.63) is 34.9 Å². The van der Waals surface area contributed by atoms with Crippen molar-refractivity contribution in [3.63, 3.8) is 0 Å². The Labute approximate surface area is 83.6 Å². The largest absolute Gasteiger partial charge is 0.305 e. The number of hydrogen-bond donors (Lipinski definition) is 0. The summed E-state index contributed by atoms with van der Waals surface area (Å²) in [6.07, 6.45) is 0.819. The Hall–Kier alpha value is -1.66. The smallest absolute Gasteiger partial charge is 0.150 e. The summed E-state index contributed by atoms with van der Waals surface area (Å²) in [6.45, 7) is 0.670. The van der Waals surface area contributed by atoms with E-state index in [1.807, 2.05) is 19.0 Å². The van der Waals surface area contributed by atoms with E-state index in [9.17, 15) is 4.79 Å². The van der Waals surface area contributed by atoms with Crippen LogP contribution in [0.15, 0.2) is 18.2 Å². The summed E-state index contributed by atoms with van der Waals surface area (Å²) in [5.41, 5.74) is 2.13. The molecule has 0 aliphatic heterocycles. The lowest BCUT2D eigenvalue weighted by Gasteiger charge is -2.11. The van der Waals surface area contributed by atoms with Gasteiger partial charge in [-0.3, -0.25) is 4.79 Å². The predicted molar refractivity (Wildman–Crippen MR) is 53.9 cm³/mol. The first-order valence-electron chi connectivity index (χ1n) is 4.30. The molecule has 0 amide bonds. The average molecular weight is 188 g/mol. The Balaban J connectivity index is 3.09. The standard InChI is InChI=1S/C11H12N2O/c1-13(2)7-11-5-9(6-12)3-4-10(11)8-14/h3-5,8H,7H2,1-2H3. The van der Waals surface area contributed by atoms with E-state index in [4.69, 9.17) is 5.26 Å². The van der Waals surface area contributed by atoms with Gasteiger partial charge in [0, 0.05) is 12.1 Å². The van der Waals surface area contributed by atoms with Crippen LogP contribution in [0.2, 0.25) is 0 Å². The van der Waals surface area contributed by atoms with E-state index in [1.165, 1.54) is 0 Å². The summed E-state index contributed by atoms with van der Waals surface area (Å²) in [4.78, 5) is 12.7. The minimum Gasteiger partial charge on any atom is -0.305 e. The Bertz CT molecular complexity index is 377. The van der Waals surface area contributed by atoms with Crippen LogP contribution in [0.3, 0.4) is 0 Å². The van der Waals surface area contributed by atoms with Crippen molar-refractivity contribution >= 4 is 6.29 Å². The zero-order valence-corrected chi connectivity index (χ0v) is 8.32. The number of carbonyl (C=O) groups excluding carboxylic acids is 1. The molecule has 1 aromatic rings. The van der Waals surface area contributed by atoms with Crippen molar-refractivity contribution in [2.45, 2.75) is 6.54 Å². The van der Waals surface area contributed by atoms with Crippen molar-refractivity contribution in [2.24, 2.45) is 0 Å². The molecule has 1 aromatic carbocycles. The lowest BCUT2D eigenvalue weighted by Crippen LogP contribution is -2.12. The second kappa shape index (κ2) is 4.54. The normalized spacial score (nSPS) is 9.86. The molecule has 0 aromatic heterocycles. The summed E-state index contributed by atoms with van der Waals surface area (Å²) >= 11 is 0. The molecule has 0 unspecified atom stereocenters. The number of aldehydes is 1. The average Bonchev–Trinajstić information content (AvgIpc) is 2.16. The van der Waals surface area contributed by atoms with E-state index < -0.39 is 0 Å². The van der Waals surface area contributed by atoms with Crippen LogP contribution in [0.5, 0.6) is 0 Å². The highest BCUT2D eigenvalue weighted by molar-refractivity contribution is 5.77. The third-order valence-electron chi connectivity index (χ3n) is 1.89. The fourth-order valence-electron chi connectivity index (χ4n) is 1.27. The lowest BCUT2D eigenvalue weighted by molar-refractivity contribution is 0.112. The van der Waals surface area contributed by atoms with Crippen LogP contribution < -0.4 is 0 Å². The molecule has 3 heteroatoms. The van der Waals surface area contributed by atoms with Gasteiger partial charge in [0.15, 0.2) is 0 Å². The molecular formula is C11H12N2O. The molecule has 72 valence electrons. The molecule has 1 rings (SSSR count). The maximum atomic E-state index is 10.7. The Morgan fingerprint density at radius 3 is 2.71 bits per heavy atom. The Morgan fingerprint density at radius 1 is 1.50 bits per heavy atom. The molecule has 0 saturated heterocycles. The molecule has 0 aliphatic carbocycles. The van der Waals surface area contributed by atoms with Crippen LogP contribution >= 0.6 is 0 Å². The molecule has 0 fully saturated rings. The van der Waals surface area contributed by atoms with Crippen LogP contribution in [0.4, 0.5) is 0 Å². The van der Waals surface area contributed by atoms with Gasteiger partial charge in [-0.15, -0.1) is 0 Å². The van der Waals surface area contributed by atoms with Crippen molar-refractivity contribution in [2.75, 3.05) is 14.1 Å². The summed E-state index contributed by atoms with van der Waals surface area (Å²) < 4.78 is 0. The van der Waals surface area contributed by atoms with Crippen LogP contribution in [-0.4, -0.2) is 25.3 Å². The number of nitriles is 1. The highest BCUT2D eigenvalue weighted by Gasteiger charge is 2.03. The third-order valence-corrected chi connectivity index (χ3v) is 1.89. The first-order chi connectivity index (χ1) is 6.67. The number of rotatable bonds is 3. The van der Waals surface area contributed by atoms with E-state index in [-0.39, 0.29) is 0 Å². The van der Waals surface area contributed by atoms with Crippen molar-refractivity contribution in [1.29, 1.82) is 5.26 Å². The van der Waals surface area contributed by atoms with E-state index in [0.29, 0.717) is 17.7 Å². The second-order valence-corrected chi connectivity index (χ2v) is 3.38. The monoisotopic (exact) mass is 188 g/mol. The number of hydrogen-bond acceptors (Lipinski definition) is 3. The van der Waals surface area contributed by atoms with Crippen molar-refractivity contribution in [3.8, 4) is 6.07 Å². The fourth-order valence-corrected chi connectivity index (χ4v) is 1.27. The van der Waals surface area contributed by atoms with Crippen molar-refractivity contribution in [1.82, 2.24) is 4.90 Å². The summed E-state index contributed by atoms with van der Waals surface area (Å²) in [5, 5.41) is 8.71. The van der Waals surface area contributed by atoms with Gasteiger partial charge in [0.25, 0.3) is 0 Å². The first kappa shape index (κ1) is 10.4. The maximum Gasteiger partial charge on any atom is 0.150 e. The van der Waals surface area contributed by atoms with Crippen LogP contribution in [-0.2, 0) is 6.54 Å². The van der Waals surface area contributed by atoms with Gasteiger partial charge >= 0.3 is 0 Å². The van der Waals surface area contributed by atoms with Gasteiger partial charge in [-0.25, -0.2) is 0 Å². The Morgan fingerprint density at radius 2 is 2.21 bits per heavy atom. The molecule has 0 atom stereocenters. The maximum absolute atomic E-state index is 10.7. The van der Waals surface area contributed by atoms with E-state index in [0.717, 1.165) is 11.8 Å². The molecule has 0 saturated carbocycles. The van der Waals surface area contributed by atoms with Gasteiger partial charge in [0.05, 0.1) is 11.6 Å². The third kappa shape index (κ3) is 2.41. The van der Waals surface area contributed by atoms with Crippen LogP contribution in [0.25, 0.3) is 0 Å². The molecule has 0 radical (unpaired) electrons. The summed E-state index contributed by atoms with van der Waals surface area (Å²) in [6, 6.07) is 7.15. The number of carbonyl (C=O) groups is 1. The number of benzene rings is 1. The van der Waals surface area contributed by atoms with E-state index in [2.05, 4.69) is 6.07 Å². The summed E-state index contributed by atoms with van der Waals surface area (Å²) in [7, 11) is 3.85. The number of nitrogens with zero attached hydrogens (tertiary/aromatic N) is 2. The molecule has 3 nitrogen and oxygen atoms in total. The SMILES string of the molecule is CN(C)Cc1cc(C#N)ccc1C=O. The molecule has 0 aliphatic rings. The van der Waals surface area contributed by atoms with Crippen LogP contribution in [0, 0.1) is 11.3 Å². The fraction of sp³-hybridized carbons (Fsp3) is 0.273. The molecule has 0 heterocycles. The first-order valence-corrected chi connectivity index (χ1v) is 4.30. The predicted octanol–water partition coefficient (Wildman–Crippen LogP) is 1.43. The van der Waals surface area contributed by atoms with Gasteiger partial charge in [-0.2, -0.15) is 5.26 Å².